The molecule has 1 aromatic heterocycles. The summed E-state index contributed by atoms with van der Waals surface area (Å²) in [5.41, 5.74) is 1.19. The fourth-order valence-electron chi connectivity index (χ4n) is 3.41. The summed E-state index contributed by atoms with van der Waals surface area (Å²) in [5.74, 6) is -0.807. The average molecular weight is 484 g/mol. The van der Waals surface area contributed by atoms with Gasteiger partial charge in [-0.1, -0.05) is 54.6 Å². The van der Waals surface area contributed by atoms with E-state index in [0.717, 1.165) is 5.56 Å². The van der Waals surface area contributed by atoms with E-state index < -0.39 is 15.8 Å². The highest BCUT2D eigenvalue weighted by Gasteiger charge is 2.20. The Balaban J connectivity index is 1.69. The van der Waals surface area contributed by atoms with Crippen molar-refractivity contribution in [1.82, 2.24) is 4.57 Å². The van der Waals surface area contributed by atoms with Crippen molar-refractivity contribution in [2.24, 2.45) is 15.4 Å². The van der Waals surface area contributed by atoms with Gasteiger partial charge in [-0.3, -0.25) is 0 Å². The molecule has 0 radical (unpaired) electrons. The van der Waals surface area contributed by atoms with Gasteiger partial charge in [-0.25, -0.2) is 17.9 Å². The number of anilines is 1. The Morgan fingerprint density at radius 2 is 1.76 bits per heavy atom. The number of azo groups is 1. The third-order valence-corrected chi connectivity index (χ3v) is 5.99. The molecule has 168 valence electrons. The minimum atomic E-state index is -3.99. The lowest BCUT2D eigenvalue weighted by atomic mass is 10.2. The van der Waals surface area contributed by atoms with Gasteiger partial charge in [0.2, 0.25) is 21.0 Å². The van der Waals surface area contributed by atoms with Gasteiger partial charge in [-0.15, -0.1) is 10.2 Å². The number of nitrogens with zero attached hydrogens (tertiary/aromatic N) is 3. The molecule has 1 heterocycles. The monoisotopic (exact) mass is 483 g/mol. The quantitative estimate of drug-likeness (QED) is 0.281. The number of rotatable bonds is 5. The van der Waals surface area contributed by atoms with E-state index in [1.54, 1.807) is 12.1 Å². The van der Waals surface area contributed by atoms with Gasteiger partial charge in [0.05, 0.1) is 17.7 Å². The van der Waals surface area contributed by atoms with Crippen LogP contribution in [0.4, 0.5) is 15.8 Å². The first-order chi connectivity index (χ1) is 15.8. The van der Waals surface area contributed by atoms with E-state index in [4.69, 9.17) is 17.4 Å². The van der Waals surface area contributed by atoms with Gasteiger partial charge in [0.1, 0.15) is 10.7 Å². The van der Waals surface area contributed by atoms with Crippen molar-refractivity contribution in [1.29, 1.82) is 0 Å². The maximum atomic E-state index is 14.7. The minimum Gasteiger partial charge on any atom is -0.493 e. The van der Waals surface area contributed by atoms with Crippen LogP contribution in [0.25, 0.3) is 10.9 Å². The number of nitrogens with two attached hydrogens (primary N) is 1. The van der Waals surface area contributed by atoms with Crippen molar-refractivity contribution in [3.8, 4) is 5.88 Å². The fraction of sp³-hybridized carbons (Fsp3) is 0.0455. The van der Waals surface area contributed by atoms with Crippen LogP contribution in [0.2, 0.25) is 0 Å². The normalized spacial score (nSPS) is 11.8. The second-order valence-electron chi connectivity index (χ2n) is 7.05. The summed E-state index contributed by atoms with van der Waals surface area (Å²) in [6.45, 7) is 0.212. The third-order valence-electron chi connectivity index (χ3n) is 4.84. The lowest BCUT2D eigenvalue weighted by molar-refractivity contribution is 0.428. The van der Waals surface area contributed by atoms with Crippen LogP contribution < -0.4 is 10.5 Å². The average Bonchev–Trinajstić information content (AvgIpc) is 3.04. The molecule has 0 aliphatic carbocycles. The third kappa shape index (κ3) is 4.75. The first kappa shape index (κ1) is 22.5. The van der Waals surface area contributed by atoms with Gasteiger partial charge >= 0.3 is 0 Å². The van der Waals surface area contributed by atoms with Crippen LogP contribution in [-0.2, 0) is 16.6 Å². The van der Waals surface area contributed by atoms with Crippen LogP contribution in [0.3, 0.4) is 0 Å². The maximum Gasteiger partial charge on any atom is 0.240 e. The van der Waals surface area contributed by atoms with Crippen LogP contribution in [0.5, 0.6) is 5.88 Å². The maximum absolute atomic E-state index is 14.7. The number of para-hydroxylation sites is 2. The number of aromatic nitrogens is 1. The van der Waals surface area contributed by atoms with Crippen molar-refractivity contribution in [2.45, 2.75) is 11.4 Å². The van der Waals surface area contributed by atoms with Crippen molar-refractivity contribution < 1.29 is 17.9 Å². The number of hydrogen-bond acceptors (Lipinski definition) is 5. The molecule has 4 rings (SSSR count). The molecular weight excluding hydrogens is 465 g/mol. The van der Waals surface area contributed by atoms with E-state index in [1.807, 2.05) is 30.3 Å². The number of halogens is 1. The van der Waals surface area contributed by atoms with Gasteiger partial charge in [-0.2, -0.15) is 0 Å². The number of sulfonamides is 1. The van der Waals surface area contributed by atoms with E-state index in [1.165, 1.54) is 34.9 Å². The topological polar surface area (TPSA) is 122 Å². The zero-order valence-electron chi connectivity index (χ0n) is 17.0. The van der Waals surface area contributed by atoms with E-state index in [-0.39, 0.29) is 39.3 Å². The van der Waals surface area contributed by atoms with Crippen molar-refractivity contribution in [3.63, 3.8) is 0 Å². The van der Waals surface area contributed by atoms with Gasteiger partial charge in [0, 0.05) is 5.39 Å². The Hall–Kier alpha value is -3.67. The molecule has 8 nitrogen and oxygen atoms in total. The first-order valence-corrected chi connectivity index (χ1v) is 11.6. The summed E-state index contributed by atoms with van der Waals surface area (Å²) >= 11 is 5.15. The molecule has 4 N–H and O–H groups in total. The van der Waals surface area contributed by atoms with E-state index in [0.29, 0.717) is 5.39 Å². The number of aromatic hydroxyl groups is 1. The molecular formula is C22H18FN5O3S2. The SMILES string of the molecule is NS(=O)(=O)c1ccccc1NC(=S)N=Nc1c(O)n(Cc2ccccc2)c2c(F)cccc12. The van der Waals surface area contributed by atoms with Crippen molar-refractivity contribution in [3.05, 3.63) is 84.2 Å². The molecule has 0 bridgehead atoms. The number of primary sulfonamides is 1. The summed E-state index contributed by atoms with van der Waals surface area (Å²) in [4.78, 5) is -0.160. The summed E-state index contributed by atoms with van der Waals surface area (Å²) < 4.78 is 39.6. The highest BCUT2D eigenvalue weighted by molar-refractivity contribution is 7.89. The lowest BCUT2D eigenvalue weighted by Crippen LogP contribution is -2.16. The minimum absolute atomic E-state index is 0.0318. The Morgan fingerprint density at radius 1 is 1.06 bits per heavy atom. The van der Waals surface area contributed by atoms with Gasteiger partial charge in [0.25, 0.3) is 0 Å². The number of benzene rings is 3. The van der Waals surface area contributed by atoms with E-state index in [9.17, 15) is 17.9 Å². The Labute approximate surface area is 194 Å². The molecule has 0 aliphatic rings. The number of nitrogens with one attached hydrogen (secondary N) is 1. The smallest absolute Gasteiger partial charge is 0.240 e. The number of hydrogen-bond donors (Lipinski definition) is 3. The molecule has 0 fully saturated rings. The number of fused-ring (bicyclic) bond motifs is 1. The molecule has 33 heavy (non-hydrogen) atoms. The molecule has 0 saturated heterocycles. The van der Waals surface area contributed by atoms with Crippen LogP contribution in [-0.4, -0.2) is 23.2 Å². The van der Waals surface area contributed by atoms with Crippen LogP contribution in [0, 0.1) is 5.82 Å². The first-order valence-electron chi connectivity index (χ1n) is 9.64. The molecule has 11 heteroatoms. The van der Waals surface area contributed by atoms with Crippen molar-refractivity contribution in [2.75, 3.05) is 5.32 Å². The molecule has 4 aromatic rings. The van der Waals surface area contributed by atoms with Gasteiger partial charge < -0.3 is 15.0 Å². The van der Waals surface area contributed by atoms with Gasteiger partial charge in [-0.05, 0) is 36.0 Å². The molecule has 0 spiro atoms. The highest BCUT2D eigenvalue weighted by atomic mass is 32.2. The molecule has 0 unspecified atom stereocenters. The second-order valence-corrected chi connectivity index (χ2v) is 8.97. The Morgan fingerprint density at radius 3 is 2.48 bits per heavy atom. The standard InChI is InChI=1S/C22H18FN5O3S2/c23-16-10-6-9-15-19(21(29)28(20(15)16)13-14-7-2-1-3-8-14)26-27-22(32)25-17-11-4-5-12-18(17)33(24,30)31/h1-12,29H,13H2,(H,25,32)(H2,24,30,31). The molecule has 0 atom stereocenters. The van der Waals surface area contributed by atoms with E-state index in [2.05, 4.69) is 15.5 Å². The van der Waals surface area contributed by atoms with Crippen LogP contribution in [0.1, 0.15) is 5.56 Å². The summed E-state index contributed by atoms with van der Waals surface area (Å²) in [6, 6.07) is 19.6. The molecule has 0 aliphatic heterocycles. The predicted octanol–water partition coefficient (Wildman–Crippen LogP) is 4.66. The predicted molar refractivity (Wildman–Crippen MR) is 128 cm³/mol. The van der Waals surface area contributed by atoms with Crippen molar-refractivity contribution >= 4 is 49.6 Å². The Bertz CT molecular complexity index is 1480. The summed E-state index contributed by atoms with van der Waals surface area (Å²) in [5, 5.41) is 26.8. The van der Waals surface area contributed by atoms with Crippen LogP contribution in [0.15, 0.2) is 87.9 Å². The van der Waals surface area contributed by atoms with Crippen LogP contribution >= 0.6 is 12.2 Å². The largest absolute Gasteiger partial charge is 0.493 e. The molecule has 0 amide bonds. The van der Waals surface area contributed by atoms with E-state index >= 15 is 0 Å². The zero-order valence-corrected chi connectivity index (χ0v) is 18.6. The summed E-state index contributed by atoms with van der Waals surface area (Å²) in [7, 11) is -3.99. The zero-order chi connectivity index (χ0) is 23.6. The number of thiocarbonyl (C=S) groups is 1. The second kappa shape index (κ2) is 9.06. The highest BCUT2D eigenvalue weighted by Crippen LogP contribution is 2.40. The lowest BCUT2D eigenvalue weighted by Gasteiger charge is -2.08. The van der Waals surface area contributed by atoms with Gasteiger partial charge in [0.15, 0.2) is 5.69 Å². The molecule has 0 saturated carbocycles. The molecule has 3 aromatic carbocycles. The Kier molecular flexibility index (Phi) is 6.18. The summed E-state index contributed by atoms with van der Waals surface area (Å²) in [6.07, 6.45) is 0. The fourth-order valence-corrected chi connectivity index (χ4v) is 4.25.